The molecule has 2 rings (SSSR count). The first-order valence-corrected chi connectivity index (χ1v) is 8.37. The van der Waals surface area contributed by atoms with Gasteiger partial charge in [-0.3, -0.25) is 0 Å². The molecule has 0 spiro atoms. The van der Waals surface area contributed by atoms with Crippen LogP contribution in [0.2, 0.25) is 5.15 Å². The van der Waals surface area contributed by atoms with Crippen LogP contribution < -0.4 is 4.90 Å². The topological polar surface area (TPSA) is 29.0 Å². The number of nitrogens with zero attached hydrogens (tertiary/aromatic N) is 3. The summed E-state index contributed by atoms with van der Waals surface area (Å²) in [6, 6.07) is 0. The van der Waals surface area contributed by atoms with Crippen LogP contribution in [0.1, 0.15) is 58.8 Å². The minimum Gasteiger partial charge on any atom is -0.356 e. The van der Waals surface area contributed by atoms with E-state index in [2.05, 4.69) is 44.5 Å². The van der Waals surface area contributed by atoms with Gasteiger partial charge in [-0.1, -0.05) is 46.2 Å². The number of piperidine rings is 1. The van der Waals surface area contributed by atoms with Crippen LogP contribution in [0, 0.1) is 18.8 Å². The second kappa shape index (κ2) is 6.12. The first-order chi connectivity index (χ1) is 9.70. The van der Waals surface area contributed by atoms with Crippen molar-refractivity contribution < 1.29 is 0 Å². The minimum atomic E-state index is -0.0810. The van der Waals surface area contributed by atoms with Gasteiger partial charge in [-0.25, -0.2) is 9.97 Å². The third kappa shape index (κ3) is 3.68. The van der Waals surface area contributed by atoms with Crippen molar-refractivity contribution >= 4 is 17.4 Å². The molecule has 1 fully saturated rings. The van der Waals surface area contributed by atoms with Crippen molar-refractivity contribution in [3.05, 3.63) is 16.5 Å². The maximum atomic E-state index is 6.35. The van der Waals surface area contributed by atoms with Gasteiger partial charge in [-0.2, -0.15) is 0 Å². The lowest BCUT2D eigenvalue weighted by Crippen LogP contribution is -2.36. The number of rotatable bonds is 2. The summed E-state index contributed by atoms with van der Waals surface area (Å²) < 4.78 is 0. The van der Waals surface area contributed by atoms with Gasteiger partial charge >= 0.3 is 0 Å². The Hall–Kier alpha value is -0.830. The summed E-state index contributed by atoms with van der Waals surface area (Å²) in [5, 5.41) is 0.593. The molecule has 0 unspecified atom stereocenters. The highest BCUT2D eigenvalue weighted by molar-refractivity contribution is 6.30. The Bertz CT molecular complexity index is 497. The average molecular weight is 310 g/mol. The zero-order valence-electron chi connectivity index (χ0n) is 14.2. The first kappa shape index (κ1) is 16.5. The molecule has 1 saturated heterocycles. The molecule has 1 aliphatic heterocycles. The molecule has 0 bridgehead atoms. The van der Waals surface area contributed by atoms with E-state index in [0.717, 1.165) is 42.1 Å². The molecule has 0 N–H and O–H groups in total. The largest absolute Gasteiger partial charge is 0.356 e. The Morgan fingerprint density at radius 2 is 1.71 bits per heavy atom. The van der Waals surface area contributed by atoms with Crippen LogP contribution in [0.3, 0.4) is 0 Å². The Morgan fingerprint density at radius 3 is 2.19 bits per heavy atom. The minimum absolute atomic E-state index is 0.0810. The van der Waals surface area contributed by atoms with Gasteiger partial charge in [0.1, 0.15) is 16.8 Å². The molecule has 1 aliphatic rings. The number of hydrogen-bond acceptors (Lipinski definition) is 3. The van der Waals surface area contributed by atoms with Crippen molar-refractivity contribution in [3.8, 4) is 0 Å². The van der Waals surface area contributed by atoms with Gasteiger partial charge in [-0.05, 0) is 31.6 Å². The summed E-state index contributed by atoms with van der Waals surface area (Å²) >= 11 is 6.35. The third-order valence-corrected chi connectivity index (χ3v) is 4.88. The monoisotopic (exact) mass is 309 g/mol. The SMILES string of the molecule is Cc1c(Cl)nc(C(C)(C)C)nc1N1CCC(C(C)C)CC1. The average Bonchev–Trinajstić information content (AvgIpc) is 2.40. The van der Waals surface area contributed by atoms with Gasteiger partial charge in [0.05, 0.1) is 0 Å². The smallest absolute Gasteiger partial charge is 0.137 e. The molecule has 4 heteroatoms. The third-order valence-electron chi connectivity index (χ3n) is 4.51. The molecule has 0 aliphatic carbocycles. The zero-order chi connectivity index (χ0) is 15.8. The fraction of sp³-hybridized carbons (Fsp3) is 0.765. The molecule has 1 aromatic rings. The van der Waals surface area contributed by atoms with Gasteiger partial charge in [0, 0.05) is 24.1 Å². The molecule has 3 nitrogen and oxygen atoms in total. The Labute approximate surface area is 134 Å². The number of aromatic nitrogens is 2. The van der Waals surface area contributed by atoms with E-state index in [1.165, 1.54) is 12.8 Å². The van der Waals surface area contributed by atoms with Crippen molar-refractivity contribution in [2.45, 2.75) is 59.8 Å². The van der Waals surface area contributed by atoms with Crippen molar-refractivity contribution in [1.29, 1.82) is 0 Å². The standard InChI is InChI=1S/C17H28ClN3/c1-11(2)13-7-9-21(10-8-13)15-12(3)14(18)19-16(20-15)17(4,5)6/h11,13H,7-10H2,1-6H3. The van der Waals surface area contributed by atoms with Gasteiger partial charge in [0.2, 0.25) is 0 Å². The van der Waals surface area contributed by atoms with Crippen molar-refractivity contribution in [3.63, 3.8) is 0 Å². The van der Waals surface area contributed by atoms with E-state index in [-0.39, 0.29) is 5.41 Å². The number of hydrogen-bond donors (Lipinski definition) is 0. The Morgan fingerprint density at radius 1 is 1.14 bits per heavy atom. The Kier molecular flexibility index (Phi) is 4.82. The molecule has 0 amide bonds. The van der Waals surface area contributed by atoms with E-state index in [1.807, 2.05) is 6.92 Å². The normalized spacial score (nSPS) is 17.6. The highest BCUT2D eigenvalue weighted by atomic mass is 35.5. The summed E-state index contributed by atoms with van der Waals surface area (Å²) in [4.78, 5) is 11.7. The lowest BCUT2D eigenvalue weighted by molar-refractivity contribution is 0.310. The second-order valence-corrected chi connectivity index (χ2v) is 7.96. The van der Waals surface area contributed by atoms with Gasteiger partial charge in [0.25, 0.3) is 0 Å². The van der Waals surface area contributed by atoms with E-state index in [9.17, 15) is 0 Å². The molecule has 0 atom stereocenters. The van der Waals surface area contributed by atoms with Crippen LogP contribution in [0.15, 0.2) is 0 Å². The van der Waals surface area contributed by atoms with Gasteiger partial charge < -0.3 is 4.90 Å². The summed E-state index contributed by atoms with van der Waals surface area (Å²) in [6.45, 7) is 15.2. The quantitative estimate of drug-likeness (QED) is 0.747. The molecule has 0 radical (unpaired) electrons. The van der Waals surface area contributed by atoms with Crippen LogP contribution >= 0.6 is 11.6 Å². The molecule has 1 aromatic heterocycles. The van der Waals surface area contributed by atoms with E-state index < -0.39 is 0 Å². The molecule has 0 saturated carbocycles. The fourth-order valence-corrected chi connectivity index (χ4v) is 3.06. The highest BCUT2D eigenvalue weighted by Crippen LogP contribution is 2.32. The predicted octanol–water partition coefficient (Wildman–Crippen LogP) is 4.61. The van der Waals surface area contributed by atoms with E-state index in [1.54, 1.807) is 0 Å². The zero-order valence-corrected chi connectivity index (χ0v) is 15.0. The van der Waals surface area contributed by atoms with E-state index >= 15 is 0 Å². The van der Waals surface area contributed by atoms with Crippen molar-refractivity contribution in [2.24, 2.45) is 11.8 Å². The van der Waals surface area contributed by atoms with Crippen LogP contribution in [-0.4, -0.2) is 23.1 Å². The summed E-state index contributed by atoms with van der Waals surface area (Å²) in [7, 11) is 0. The van der Waals surface area contributed by atoms with Crippen LogP contribution in [0.5, 0.6) is 0 Å². The molecule has 118 valence electrons. The lowest BCUT2D eigenvalue weighted by atomic mass is 9.86. The number of anilines is 1. The van der Waals surface area contributed by atoms with Crippen LogP contribution in [0.4, 0.5) is 5.82 Å². The maximum absolute atomic E-state index is 6.35. The van der Waals surface area contributed by atoms with E-state index in [0.29, 0.717) is 5.15 Å². The molecule has 0 aromatic carbocycles. The fourth-order valence-electron chi connectivity index (χ4n) is 2.90. The van der Waals surface area contributed by atoms with Crippen molar-refractivity contribution in [1.82, 2.24) is 9.97 Å². The van der Waals surface area contributed by atoms with Gasteiger partial charge in [0.15, 0.2) is 0 Å². The number of halogens is 1. The highest BCUT2D eigenvalue weighted by Gasteiger charge is 2.26. The summed E-state index contributed by atoms with van der Waals surface area (Å²) in [5.41, 5.74) is 0.926. The lowest BCUT2D eigenvalue weighted by Gasteiger charge is -2.35. The summed E-state index contributed by atoms with van der Waals surface area (Å²) in [5.74, 6) is 3.47. The van der Waals surface area contributed by atoms with Crippen LogP contribution in [-0.2, 0) is 5.41 Å². The van der Waals surface area contributed by atoms with Crippen LogP contribution in [0.25, 0.3) is 0 Å². The summed E-state index contributed by atoms with van der Waals surface area (Å²) in [6.07, 6.45) is 2.48. The molecule has 21 heavy (non-hydrogen) atoms. The molecular weight excluding hydrogens is 282 g/mol. The van der Waals surface area contributed by atoms with Gasteiger partial charge in [-0.15, -0.1) is 0 Å². The maximum Gasteiger partial charge on any atom is 0.137 e. The van der Waals surface area contributed by atoms with E-state index in [4.69, 9.17) is 16.6 Å². The first-order valence-electron chi connectivity index (χ1n) is 7.99. The van der Waals surface area contributed by atoms with Crippen molar-refractivity contribution in [2.75, 3.05) is 18.0 Å². The molecular formula is C17H28ClN3. The molecule has 2 heterocycles. The second-order valence-electron chi connectivity index (χ2n) is 7.61. The predicted molar refractivity (Wildman–Crippen MR) is 90.3 cm³/mol. The Balaban J connectivity index is 2.26.